The number of aromatic nitrogens is 2. The minimum Gasteiger partial charge on any atom is -0.309 e. The Balaban J connectivity index is 1.26. The van der Waals surface area contributed by atoms with Crippen LogP contribution in [0.25, 0.3) is 98.8 Å². The van der Waals surface area contributed by atoms with Crippen LogP contribution < -0.4 is 0 Å². The van der Waals surface area contributed by atoms with Crippen molar-refractivity contribution in [1.29, 1.82) is 0 Å². The summed E-state index contributed by atoms with van der Waals surface area (Å²) < 4.78 is 47.9. The summed E-state index contributed by atoms with van der Waals surface area (Å²) in [4.78, 5) is 0. The molecule has 0 amide bonds. The molecular weight excluding hydrogens is 629 g/mol. The minimum atomic E-state index is -0.399. The van der Waals surface area contributed by atoms with Crippen LogP contribution in [-0.4, -0.2) is 9.13 Å². The van der Waals surface area contributed by atoms with Crippen molar-refractivity contribution in [2.24, 2.45) is 0 Å². The first-order chi connectivity index (χ1) is 27.9. The standard InChI is InChI=1S/C50H32N2/c1-4-16-33(17-5-1)49-38-23-10-12-25-40(38)50(41-26-13-11-24-39(41)49)34-28-29-46-42(30-34)44-31-43-37-22-14-15-27-45(37)51(35-18-6-2-7-19-35)47(43)32-48(44)52(46)36-20-8-3-9-21-36/h1-32H/i1D,4D,5D,16D,17D. The molecule has 2 heteroatoms. The van der Waals surface area contributed by atoms with E-state index in [1.807, 2.05) is 42.5 Å². The molecule has 11 aromatic rings. The number of para-hydroxylation sites is 3. The third kappa shape index (κ3) is 4.19. The van der Waals surface area contributed by atoms with E-state index in [1.54, 1.807) is 0 Å². The second-order valence-corrected chi connectivity index (χ2v) is 13.3. The predicted octanol–water partition coefficient (Wildman–Crippen LogP) is 13.5. The van der Waals surface area contributed by atoms with Crippen LogP contribution in [0.3, 0.4) is 0 Å². The van der Waals surface area contributed by atoms with E-state index in [4.69, 9.17) is 6.85 Å². The zero-order chi connectivity index (χ0) is 38.5. The average molecular weight is 666 g/mol. The van der Waals surface area contributed by atoms with E-state index < -0.39 is 6.04 Å². The van der Waals surface area contributed by atoms with Crippen molar-refractivity contribution in [3.8, 4) is 33.6 Å². The number of hydrogen-bond donors (Lipinski definition) is 0. The third-order valence-electron chi connectivity index (χ3n) is 10.6. The highest BCUT2D eigenvalue weighted by atomic mass is 15.0. The minimum absolute atomic E-state index is 0.208. The summed E-state index contributed by atoms with van der Waals surface area (Å²) >= 11 is 0. The predicted molar refractivity (Wildman–Crippen MR) is 221 cm³/mol. The maximum Gasteiger partial charge on any atom is 0.0629 e. The van der Waals surface area contributed by atoms with Gasteiger partial charge in [-0.05, 0) is 98.4 Å². The second-order valence-electron chi connectivity index (χ2n) is 13.3. The lowest BCUT2D eigenvalue weighted by atomic mass is 9.86. The summed E-state index contributed by atoms with van der Waals surface area (Å²) in [6, 6.07) is 55.6. The summed E-state index contributed by atoms with van der Waals surface area (Å²) in [7, 11) is 0. The lowest BCUT2D eigenvalue weighted by Crippen LogP contribution is -1.95. The van der Waals surface area contributed by atoms with Crippen LogP contribution in [0.5, 0.6) is 0 Å². The van der Waals surface area contributed by atoms with Crippen molar-refractivity contribution in [3.05, 3.63) is 194 Å². The molecule has 0 unspecified atom stereocenters. The van der Waals surface area contributed by atoms with Gasteiger partial charge in [-0.1, -0.05) is 139 Å². The molecule has 0 spiro atoms. The average Bonchev–Trinajstić information content (AvgIpc) is 3.76. The molecule has 2 aromatic heterocycles. The molecule has 0 aliphatic heterocycles. The van der Waals surface area contributed by atoms with Gasteiger partial charge in [-0.3, -0.25) is 0 Å². The van der Waals surface area contributed by atoms with E-state index >= 15 is 0 Å². The summed E-state index contributed by atoms with van der Waals surface area (Å²) in [6.45, 7) is 0. The first-order valence-electron chi connectivity index (χ1n) is 20.0. The van der Waals surface area contributed by atoms with Gasteiger partial charge in [0.25, 0.3) is 0 Å². The van der Waals surface area contributed by atoms with Crippen LogP contribution in [0.2, 0.25) is 0 Å². The molecule has 0 aliphatic rings. The Morgan fingerprint density at radius 1 is 0.308 bits per heavy atom. The highest BCUT2D eigenvalue weighted by Crippen LogP contribution is 2.46. The van der Waals surface area contributed by atoms with E-state index in [0.717, 1.165) is 76.9 Å². The van der Waals surface area contributed by atoms with Gasteiger partial charge in [-0.15, -0.1) is 0 Å². The van der Waals surface area contributed by atoms with E-state index in [-0.39, 0.29) is 29.7 Å². The molecular formula is C50H32N2. The van der Waals surface area contributed by atoms with Crippen molar-refractivity contribution >= 4 is 65.2 Å². The fraction of sp³-hybridized carbons (Fsp3) is 0. The topological polar surface area (TPSA) is 9.86 Å². The summed E-state index contributed by atoms with van der Waals surface area (Å²) in [5.41, 5.74) is 9.57. The van der Waals surface area contributed by atoms with E-state index in [0.29, 0.717) is 5.56 Å². The van der Waals surface area contributed by atoms with E-state index in [1.165, 1.54) is 10.8 Å². The molecule has 0 N–H and O–H groups in total. The molecule has 0 aliphatic carbocycles. The van der Waals surface area contributed by atoms with E-state index in [2.05, 4.69) is 130 Å². The third-order valence-corrected chi connectivity index (χ3v) is 10.6. The van der Waals surface area contributed by atoms with Crippen molar-refractivity contribution in [1.82, 2.24) is 9.13 Å². The molecule has 0 radical (unpaired) electrons. The molecule has 0 fully saturated rings. The molecule has 242 valence electrons. The van der Waals surface area contributed by atoms with Crippen molar-refractivity contribution in [2.45, 2.75) is 0 Å². The fourth-order valence-electron chi connectivity index (χ4n) is 8.43. The van der Waals surface area contributed by atoms with Crippen molar-refractivity contribution in [3.63, 3.8) is 0 Å². The lowest BCUT2D eigenvalue weighted by Gasteiger charge is -2.18. The van der Waals surface area contributed by atoms with Crippen LogP contribution in [0.1, 0.15) is 6.85 Å². The monoisotopic (exact) mass is 665 g/mol. The zero-order valence-electron chi connectivity index (χ0n) is 33.0. The number of rotatable bonds is 4. The van der Waals surface area contributed by atoms with Gasteiger partial charge in [0, 0.05) is 32.9 Å². The van der Waals surface area contributed by atoms with Crippen LogP contribution in [0.4, 0.5) is 0 Å². The number of hydrogen-bond acceptors (Lipinski definition) is 0. The molecule has 2 heterocycles. The maximum atomic E-state index is 8.96. The van der Waals surface area contributed by atoms with Gasteiger partial charge >= 0.3 is 0 Å². The molecule has 0 saturated carbocycles. The van der Waals surface area contributed by atoms with E-state index in [9.17, 15) is 0 Å². The molecule has 0 saturated heterocycles. The van der Waals surface area contributed by atoms with Gasteiger partial charge < -0.3 is 9.13 Å². The second kappa shape index (κ2) is 11.3. The highest BCUT2D eigenvalue weighted by molar-refractivity contribution is 6.23. The summed E-state index contributed by atoms with van der Waals surface area (Å²) in [5, 5.41) is 8.17. The molecule has 52 heavy (non-hydrogen) atoms. The fourth-order valence-corrected chi connectivity index (χ4v) is 8.43. The maximum absolute atomic E-state index is 8.96. The number of benzene rings is 9. The van der Waals surface area contributed by atoms with Gasteiger partial charge in [0.15, 0.2) is 0 Å². The smallest absolute Gasteiger partial charge is 0.0629 e. The zero-order valence-corrected chi connectivity index (χ0v) is 28.0. The molecule has 2 nitrogen and oxygen atoms in total. The number of nitrogens with zero attached hydrogens (tertiary/aromatic N) is 2. The number of fused-ring (bicyclic) bond motifs is 8. The SMILES string of the molecule is [2H]c1c([2H])c([2H])c(-c2c3ccccc3c(-c3ccc4c(c3)c3cc5c6ccccc6n(-c6ccccc6)c5cc3n4-c3ccccc3)c3ccccc23)c([2H])c1[2H]. The van der Waals surface area contributed by atoms with Crippen molar-refractivity contribution < 1.29 is 6.85 Å². The first kappa shape index (κ1) is 24.3. The Morgan fingerprint density at radius 2 is 0.750 bits per heavy atom. The van der Waals surface area contributed by atoms with Crippen molar-refractivity contribution in [2.75, 3.05) is 0 Å². The van der Waals surface area contributed by atoms with Crippen LogP contribution >= 0.6 is 0 Å². The van der Waals surface area contributed by atoms with Gasteiger partial charge in [0.2, 0.25) is 0 Å². The Hall–Kier alpha value is -6.90. The summed E-state index contributed by atoms with van der Waals surface area (Å²) in [6.07, 6.45) is 0. The Bertz CT molecular complexity index is 3370. The van der Waals surface area contributed by atoms with Gasteiger partial charge in [0.05, 0.1) is 28.9 Å². The van der Waals surface area contributed by atoms with Crippen LogP contribution in [0, 0.1) is 0 Å². The Morgan fingerprint density at radius 3 is 1.33 bits per heavy atom. The lowest BCUT2D eigenvalue weighted by molar-refractivity contribution is 1.16. The largest absolute Gasteiger partial charge is 0.309 e. The molecule has 9 aromatic carbocycles. The normalized spacial score (nSPS) is 13.2. The highest BCUT2D eigenvalue weighted by Gasteiger charge is 2.21. The molecule has 0 atom stereocenters. The quantitative estimate of drug-likeness (QED) is 0.166. The Labute approximate surface area is 308 Å². The molecule has 0 bridgehead atoms. The van der Waals surface area contributed by atoms with Gasteiger partial charge in [-0.2, -0.15) is 0 Å². The first-order valence-corrected chi connectivity index (χ1v) is 17.5. The summed E-state index contributed by atoms with van der Waals surface area (Å²) in [5.74, 6) is 0. The van der Waals surface area contributed by atoms with Gasteiger partial charge in [0.1, 0.15) is 0 Å². The Kier molecular flexibility index (Phi) is 5.28. The molecule has 11 rings (SSSR count). The van der Waals surface area contributed by atoms with Gasteiger partial charge in [-0.25, -0.2) is 0 Å². The van der Waals surface area contributed by atoms with Crippen LogP contribution in [0.15, 0.2) is 194 Å². The van der Waals surface area contributed by atoms with Crippen LogP contribution in [-0.2, 0) is 0 Å².